The first-order valence-corrected chi connectivity index (χ1v) is 17.8. The predicted molar refractivity (Wildman–Crippen MR) is 212 cm³/mol. The van der Waals surface area contributed by atoms with Gasteiger partial charge < -0.3 is 4.42 Å². The predicted octanol–water partition coefficient (Wildman–Crippen LogP) is 13.6. The zero-order valence-corrected chi connectivity index (χ0v) is 28.2. The molecule has 0 saturated heterocycles. The SMILES string of the molecule is CC1(C)c2ccc(-c3c4ccccc4c(-c4ccc5c(c4)CCC=C5)c4ccccc34)cc2-c2cc3ccc4oc5ccccc5c4c3cc21. The molecule has 11 rings (SSSR count). The summed E-state index contributed by atoms with van der Waals surface area (Å²) < 4.78 is 6.29. The third-order valence-corrected chi connectivity index (χ3v) is 11.7. The Morgan fingerprint density at radius 2 is 1.16 bits per heavy atom. The van der Waals surface area contributed by atoms with Gasteiger partial charge in [-0.15, -0.1) is 0 Å². The minimum Gasteiger partial charge on any atom is -0.456 e. The van der Waals surface area contributed by atoms with Gasteiger partial charge in [0.2, 0.25) is 0 Å². The molecule has 0 fully saturated rings. The normalized spacial score (nSPS) is 14.5. The first kappa shape index (κ1) is 28.0. The molecule has 8 aromatic carbocycles. The summed E-state index contributed by atoms with van der Waals surface area (Å²) in [6, 6.07) is 50.0. The Kier molecular flexibility index (Phi) is 5.63. The minimum atomic E-state index is -0.130. The maximum Gasteiger partial charge on any atom is 0.136 e. The summed E-state index contributed by atoms with van der Waals surface area (Å²) in [4.78, 5) is 0. The van der Waals surface area contributed by atoms with E-state index in [1.807, 2.05) is 6.07 Å². The van der Waals surface area contributed by atoms with Gasteiger partial charge in [-0.2, -0.15) is 0 Å². The van der Waals surface area contributed by atoms with Gasteiger partial charge in [0.25, 0.3) is 0 Å². The van der Waals surface area contributed by atoms with Crippen LogP contribution in [0.5, 0.6) is 0 Å². The number of hydrogen-bond donors (Lipinski definition) is 0. The second-order valence-corrected chi connectivity index (χ2v) is 14.7. The average Bonchev–Trinajstić information content (AvgIpc) is 3.64. The third-order valence-electron chi connectivity index (χ3n) is 11.7. The number of hydrogen-bond acceptors (Lipinski definition) is 1. The first-order valence-electron chi connectivity index (χ1n) is 17.8. The number of rotatable bonds is 2. The van der Waals surface area contributed by atoms with Crippen LogP contribution in [-0.2, 0) is 11.8 Å². The van der Waals surface area contributed by atoms with Gasteiger partial charge in [-0.25, -0.2) is 0 Å². The van der Waals surface area contributed by atoms with Crippen LogP contribution in [0.4, 0.5) is 0 Å². The van der Waals surface area contributed by atoms with Crippen molar-refractivity contribution in [3.05, 3.63) is 162 Å². The lowest BCUT2D eigenvalue weighted by Gasteiger charge is -2.22. The summed E-state index contributed by atoms with van der Waals surface area (Å²) in [5, 5.41) is 10.1. The Bertz CT molecular complexity index is 2890. The number of fused-ring (bicyclic) bond motifs is 11. The van der Waals surface area contributed by atoms with Crippen LogP contribution in [0, 0.1) is 0 Å². The van der Waals surface area contributed by atoms with Crippen LogP contribution in [0.15, 0.2) is 144 Å². The highest BCUT2D eigenvalue weighted by molar-refractivity contribution is 6.22. The third kappa shape index (κ3) is 3.78. The van der Waals surface area contributed by atoms with Crippen molar-refractivity contribution in [1.29, 1.82) is 0 Å². The molecule has 2 aliphatic rings. The molecule has 0 spiro atoms. The fourth-order valence-corrected chi connectivity index (χ4v) is 9.29. The molecule has 0 atom stereocenters. The standard InChI is InChI=1S/C49H34O/c1-49(2)42-23-21-33(27-40(42)41-26-31-22-24-45-48(39(31)28-43(41)49)38-17-9-10-18-44(38)50-45)47-36-15-7-5-13-34(36)46(35-14-6-8-16-37(35)47)32-20-19-29-11-3-4-12-30(29)25-32/h3,5-11,13-28H,4,12H2,1-2H3. The van der Waals surface area contributed by atoms with Gasteiger partial charge in [-0.3, -0.25) is 0 Å². The summed E-state index contributed by atoms with van der Waals surface area (Å²) in [5.41, 5.74) is 15.2. The Labute approximate surface area is 291 Å². The molecule has 0 aliphatic heterocycles. The molecule has 0 saturated carbocycles. The molecule has 1 heteroatoms. The topological polar surface area (TPSA) is 13.1 Å². The quantitative estimate of drug-likeness (QED) is 0.172. The Morgan fingerprint density at radius 3 is 1.90 bits per heavy atom. The van der Waals surface area contributed by atoms with Crippen molar-refractivity contribution < 1.29 is 4.42 Å². The highest BCUT2D eigenvalue weighted by Gasteiger charge is 2.36. The van der Waals surface area contributed by atoms with Gasteiger partial charge >= 0.3 is 0 Å². The largest absolute Gasteiger partial charge is 0.456 e. The van der Waals surface area contributed by atoms with E-state index in [2.05, 4.69) is 153 Å². The molecule has 1 nitrogen and oxygen atoms in total. The molecule has 236 valence electrons. The smallest absolute Gasteiger partial charge is 0.136 e. The molecular weight excluding hydrogens is 605 g/mol. The highest BCUT2D eigenvalue weighted by Crippen LogP contribution is 2.53. The second kappa shape index (κ2) is 10.1. The molecule has 0 unspecified atom stereocenters. The molecule has 2 aliphatic carbocycles. The molecule has 0 radical (unpaired) electrons. The fourth-order valence-electron chi connectivity index (χ4n) is 9.29. The van der Waals surface area contributed by atoms with Crippen LogP contribution in [0.25, 0.3) is 93.7 Å². The lowest BCUT2D eigenvalue weighted by Crippen LogP contribution is -2.14. The number of benzene rings is 8. The van der Waals surface area contributed by atoms with E-state index in [1.165, 1.54) is 98.7 Å². The Morgan fingerprint density at radius 1 is 0.520 bits per heavy atom. The average molecular weight is 639 g/mol. The second-order valence-electron chi connectivity index (χ2n) is 14.7. The van der Waals surface area contributed by atoms with E-state index in [0.717, 1.165) is 24.0 Å². The van der Waals surface area contributed by atoms with Crippen molar-refractivity contribution in [3.8, 4) is 33.4 Å². The van der Waals surface area contributed by atoms with E-state index >= 15 is 0 Å². The molecule has 0 amide bonds. The van der Waals surface area contributed by atoms with E-state index < -0.39 is 0 Å². The first-order chi connectivity index (χ1) is 24.5. The van der Waals surface area contributed by atoms with Crippen molar-refractivity contribution in [3.63, 3.8) is 0 Å². The molecule has 9 aromatic rings. The zero-order chi connectivity index (χ0) is 33.1. The van der Waals surface area contributed by atoms with Crippen LogP contribution in [0.3, 0.4) is 0 Å². The molecule has 1 aromatic heterocycles. The van der Waals surface area contributed by atoms with E-state index in [9.17, 15) is 0 Å². The van der Waals surface area contributed by atoms with Gasteiger partial charge in [0, 0.05) is 16.2 Å². The fraction of sp³-hybridized carbons (Fsp3) is 0.102. The van der Waals surface area contributed by atoms with Crippen molar-refractivity contribution in [2.24, 2.45) is 0 Å². The van der Waals surface area contributed by atoms with Gasteiger partial charge in [-0.05, 0) is 131 Å². The summed E-state index contributed by atoms with van der Waals surface area (Å²) in [6.07, 6.45) is 6.77. The lowest BCUT2D eigenvalue weighted by atomic mass is 9.81. The van der Waals surface area contributed by atoms with Gasteiger partial charge in [-0.1, -0.05) is 129 Å². The molecule has 0 N–H and O–H groups in total. The summed E-state index contributed by atoms with van der Waals surface area (Å²) >= 11 is 0. The van der Waals surface area contributed by atoms with Crippen LogP contribution >= 0.6 is 0 Å². The Balaban J connectivity index is 1.16. The van der Waals surface area contributed by atoms with Gasteiger partial charge in [0.05, 0.1) is 0 Å². The van der Waals surface area contributed by atoms with E-state index in [1.54, 1.807) is 0 Å². The summed E-state index contributed by atoms with van der Waals surface area (Å²) in [5.74, 6) is 0. The Hall–Kier alpha value is -5.92. The monoisotopic (exact) mass is 638 g/mol. The minimum absolute atomic E-state index is 0.130. The van der Waals surface area contributed by atoms with Crippen molar-refractivity contribution in [2.45, 2.75) is 32.1 Å². The van der Waals surface area contributed by atoms with Crippen molar-refractivity contribution in [1.82, 2.24) is 0 Å². The van der Waals surface area contributed by atoms with Crippen molar-refractivity contribution >= 4 is 60.3 Å². The molecule has 0 bridgehead atoms. The zero-order valence-electron chi connectivity index (χ0n) is 28.2. The maximum absolute atomic E-state index is 6.29. The van der Waals surface area contributed by atoms with Crippen LogP contribution in [0.2, 0.25) is 0 Å². The summed E-state index contributed by atoms with van der Waals surface area (Å²) in [6.45, 7) is 4.76. The number of furan rings is 1. The van der Waals surface area contributed by atoms with E-state index in [-0.39, 0.29) is 5.41 Å². The van der Waals surface area contributed by atoms with Crippen LogP contribution < -0.4 is 0 Å². The number of aryl methyl sites for hydroxylation is 1. The van der Waals surface area contributed by atoms with Gasteiger partial charge in [0.1, 0.15) is 11.2 Å². The highest BCUT2D eigenvalue weighted by atomic mass is 16.3. The van der Waals surface area contributed by atoms with Crippen molar-refractivity contribution in [2.75, 3.05) is 0 Å². The van der Waals surface area contributed by atoms with E-state index in [0.29, 0.717) is 0 Å². The number of para-hydroxylation sites is 1. The summed E-state index contributed by atoms with van der Waals surface area (Å²) in [7, 11) is 0. The molecule has 50 heavy (non-hydrogen) atoms. The molecule has 1 heterocycles. The van der Waals surface area contributed by atoms with E-state index in [4.69, 9.17) is 4.42 Å². The molecular formula is C49H34O. The van der Waals surface area contributed by atoms with Gasteiger partial charge in [0.15, 0.2) is 0 Å². The van der Waals surface area contributed by atoms with Crippen LogP contribution in [-0.4, -0.2) is 0 Å². The maximum atomic E-state index is 6.29. The lowest BCUT2D eigenvalue weighted by molar-refractivity contribution is 0.661. The number of allylic oxidation sites excluding steroid dienone is 1. The van der Waals surface area contributed by atoms with Crippen LogP contribution in [0.1, 0.15) is 42.5 Å².